The van der Waals surface area contributed by atoms with Gasteiger partial charge in [-0.3, -0.25) is 4.79 Å². The number of carbonyl (C=O) groups is 3. The van der Waals surface area contributed by atoms with Crippen molar-refractivity contribution in [3.05, 3.63) is 33.8 Å². The van der Waals surface area contributed by atoms with Crippen LogP contribution in [0.1, 0.15) is 26.3 Å². The number of benzene rings is 1. The van der Waals surface area contributed by atoms with Gasteiger partial charge in [0.2, 0.25) is 11.4 Å². The number of nitrogens with one attached hydrogen (secondary N) is 1. The molecule has 1 N–H and O–H groups in total. The summed E-state index contributed by atoms with van der Waals surface area (Å²) in [5, 5.41) is 3.05. The van der Waals surface area contributed by atoms with E-state index in [0.717, 1.165) is 0 Å². The highest BCUT2D eigenvalue weighted by molar-refractivity contribution is 6.34. The molecule has 0 aliphatic carbocycles. The van der Waals surface area contributed by atoms with Gasteiger partial charge in [-0.05, 0) is 37.6 Å². The summed E-state index contributed by atoms with van der Waals surface area (Å²) in [6, 6.07) is 4.60. The smallest absolute Gasteiger partial charge is 0.344 e. The minimum absolute atomic E-state index is 0.0376. The van der Waals surface area contributed by atoms with Crippen molar-refractivity contribution in [1.29, 1.82) is 0 Å². The second-order valence-electron chi connectivity index (χ2n) is 4.98. The number of halogens is 2. The lowest BCUT2D eigenvalue weighted by molar-refractivity contribution is -0.168. The van der Waals surface area contributed by atoms with Crippen LogP contribution in [-0.2, 0) is 30.3 Å². The first kappa shape index (κ1) is 20.3. The molecule has 0 aromatic heterocycles. The fraction of sp³-hybridized carbons (Fsp3) is 0.438. The van der Waals surface area contributed by atoms with Crippen molar-refractivity contribution in [3.8, 4) is 0 Å². The summed E-state index contributed by atoms with van der Waals surface area (Å²) in [5.41, 5.74) is -1.53. The lowest BCUT2D eigenvalue weighted by Gasteiger charge is -2.29. The van der Waals surface area contributed by atoms with Crippen molar-refractivity contribution in [2.75, 3.05) is 13.2 Å². The van der Waals surface area contributed by atoms with Crippen LogP contribution in [-0.4, -0.2) is 36.6 Å². The van der Waals surface area contributed by atoms with Crippen LogP contribution in [0.25, 0.3) is 0 Å². The summed E-state index contributed by atoms with van der Waals surface area (Å²) >= 11 is 11.9. The topological polar surface area (TPSA) is 81.7 Å². The Balaban J connectivity index is 3.38. The predicted octanol–water partition coefficient (Wildman–Crippen LogP) is 2.54. The lowest BCUT2D eigenvalue weighted by Crippen LogP contribution is -2.62. The Hall–Kier alpha value is -1.79. The first-order valence-electron chi connectivity index (χ1n) is 7.33. The van der Waals surface area contributed by atoms with Gasteiger partial charge in [-0.2, -0.15) is 0 Å². The normalized spacial score (nSPS) is 10.9. The zero-order valence-electron chi connectivity index (χ0n) is 13.7. The zero-order valence-corrected chi connectivity index (χ0v) is 15.2. The number of carbonyl (C=O) groups excluding carboxylic acids is 3. The Morgan fingerprint density at radius 3 is 1.83 bits per heavy atom. The molecule has 0 unspecified atom stereocenters. The van der Waals surface area contributed by atoms with E-state index in [9.17, 15) is 14.4 Å². The van der Waals surface area contributed by atoms with Gasteiger partial charge in [0.25, 0.3) is 0 Å². The molecular weight excluding hydrogens is 357 g/mol. The summed E-state index contributed by atoms with van der Waals surface area (Å²) in [6.45, 7) is 4.46. The minimum Gasteiger partial charge on any atom is -0.464 e. The molecule has 0 aliphatic heterocycles. The second kappa shape index (κ2) is 8.89. The van der Waals surface area contributed by atoms with Gasteiger partial charge >= 0.3 is 11.9 Å². The van der Waals surface area contributed by atoms with Crippen LogP contribution in [0.4, 0.5) is 0 Å². The molecule has 0 fully saturated rings. The van der Waals surface area contributed by atoms with Crippen molar-refractivity contribution < 1.29 is 23.9 Å². The van der Waals surface area contributed by atoms with E-state index >= 15 is 0 Å². The van der Waals surface area contributed by atoms with Crippen molar-refractivity contribution in [3.63, 3.8) is 0 Å². The van der Waals surface area contributed by atoms with Crippen LogP contribution in [0.2, 0.25) is 10.0 Å². The third kappa shape index (κ3) is 5.11. The third-order valence-corrected chi connectivity index (χ3v) is 3.47. The van der Waals surface area contributed by atoms with Gasteiger partial charge in [0.1, 0.15) is 0 Å². The molecule has 0 aliphatic rings. The molecule has 0 radical (unpaired) electrons. The molecule has 0 saturated carbocycles. The van der Waals surface area contributed by atoms with Gasteiger partial charge < -0.3 is 14.8 Å². The highest BCUT2D eigenvalue weighted by atomic mass is 35.5. The number of amides is 1. The first-order valence-corrected chi connectivity index (χ1v) is 8.09. The van der Waals surface area contributed by atoms with Gasteiger partial charge in [0, 0.05) is 23.4 Å². The molecule has 0 spiro atoms. The molecule has 1 amide bonds. The first-order chi connectivity index (χ1) is 11.2. The van der Waals surface area contributed by atoms with Gasteiger partial charge in [-0.25, -0.2) is 9.59 Å². The average molecular weight is 376 g/mol. The zero-order chi connectivity index (χ0) is 18.3. The van der Waals surface area contributed by atoms with Crippen LogP contribution >= 0.6 is 23.2 Å². The monoisotopic (exact) mass is 375 g/mol. The molecule has 0 saturated heterocycles. The van der Waals surface area contributed by atoms with E-state index in [0.29, 0.717) is 15.6 Å². The van der Waals surface area contributed by atoms with E-state index in [-0.39, 0.29) is 19.6 Å². The maximum atomic E-state index is 12.5. The van der Waals surface area contributed by atoms with Crippen LogP contribution in [0.5, 0.6) is 0 Å². The van der Waals surface area contributed by atoms with E-state index in [1.807, 2.05) is 0 Å². The van der Waals surface area contributed by atoms with Gasteiger partial charge in [0.05, 0.1) is 13.2 Å². The number of hydrogen-bond donors (Lipinski definition) is 1. The van der Waals surface area contributed by atoms with Crippen molar-refractivity contribution in [1.82, 2.24) is 5.32 Å². The minimum atomic E-state index is -2.01. The van der Waals surface area contributed by atoms with E-state index in [4.69, 9.17) is 32.7 Å². The van der Waals surface area contributed by atoms with Crippen molar-refractivity contribution in [2.45, 2.75) is 32.7 Å². The number of rotatable bonds is 7. The molecule has 1 aromatic rings. The summed E-state index contributed by atoms with van der Waals surface area (Å²) < 4.78 is 9.98. The standard InChI is InChI=1S/C16H19Cl2NO5/c1-4-23-14(21)16(19-10(3)20,15(22)24-5-2)9-11-6-12(17)8-13(18)7-11/h6-8H,4-5,9H2,1-3H3,(H,19,20). The van der Waals surface area contributed by atoms with Crippen molar-refractivity contribution >= 4 is 41.0 Å². The largest absolute Gasteiger partial charge is 0.464 e. The maximum Gasteiger partial charge on any atom is 0.344 e. The fourth-order valence-electron chi connectivity index (χ4n) is 2.20. The maximum absolute atomic E-state index is 12.5. The predicted molar refractivity (Wildman–Crippen MR) is 90.0 cm³/mol. The Kier molecular flexibility index (Phi) is 7.51. The fourth-order valence-corrected chi connectivity index (χ4v) is 2.77. The lowest BCUT2D eigenvalue weighted by atomic mass is 9.90. The summed E-state index contributed by atoms with van der Waals surface area (Å²) in [4.78, 5) is 36.6. The molecular formula is C16H19Cl2NO5. The highest BCUT2D eigenvalue weighted by Crippen LogP contribution is 2.24. The quantitative estimate of drug-likeness (QED) is 0.584. The Morgan fingerprint density at radius 1 is 1.00 bits per heavy atom. The summed E-state index contributed by atoms with van der Waals surface area (Å²) in [6.07, 6.45) is -0.204. The van der Waals surface area contributed by atoms with Crippen molar-refractivity contribution in [2.24, 2.45) is 0 Å². The molecule has 1 aromatic carbocycles. The van der Waals surface area contributed by atoms with E-state index < -0.39 is 23.4 Å². The molecule has 1 rings (SSSR count). The van der Waals surface area contributed by atoms with E-state index in [1.54, 1.807) is 26.0 Å². The van der Waals surface area contributed by atoms with Gasteiger partial charge in [-0.15, -0.1) is 0 Å². The molecule has 24 heavy (non-hydrogen) atoms. The number of hydrogen-bond acceptors (Lipinski definition) is 5. The molecule has 8 heteroatoms. The average Bonchev–Trinajstić information content (AvgIpc) is 2.45. The molecule has 132 valence electrons. The molecule has 0 heterocycles. The Labute approximate surface area is 150 Å². The molecule has 0 atom stereocenters. The third-order valence-electron chi connectivity index (χ3n) is 3.03. The van der Waals surface area contributed by atoms with Crippen LogP contribution < -0.4 is 5.32 Å². The number of ether oxygens (including phenoxy) is 2. The SMILES string of the molecule is CCOC(=O)C(Cc1cc(Cl)cc(Cl)c1)(NC(C)=O)C(=O)OCC. The molecule has 6 nitrogen and oxygen atoms in total. The summed E-state index contributed by atoms with van der Waals surface area (Å²) in [7, 11) is 0. The van der Waals surface area contributed by atoms with Crippen LogP contribution in [0.3, 0.4) is 0 Å². The molecule has 0 bridgehead atoms. The highest BCUT2D eigenvalue weighted by Gasteiger charge is 2.50. The van der Waals surface area contributed by atoms with Gasteiger partial charge in [0.15, 0.2) is 0 Å². The van der Waals surface area contributed by atoms with E-state index in [2.05, 4.69) is 5.32 Å². The Bertz CT molecular complexity index is 595. The number of esters is 2. The summed E-state index contributed by atoms with van der Waals surface area (Å²) in [5.74, 6) is -2.39. The van der Waals surface area contributed by atoms with Gasteiger partial charge in [-0.1, -0.05) is 23.2 Å². The Morgan fingerprint density at radius 2 is 1.46 bits per heavy atom. The van der Waals surface area contributed by atoms with E-state index in [1.165, 1.54) is 13.0 Å². The van der Waals surface area contributed by atoms with Crippen LogP contribution in [0.15, 0.2) is 18.2 Å². The second-order valence-corrected chi connectivity index (χ2v) is 5.85. The van der Waals surface area contributed by atoms with Crippen LogP contribution in [0, 0.1) is 0 Å².